The summed E-state index contributed by atoms with van der Waals surface area (Å²) >= 11 is 5.44. The molecule has 0 spiro atoms. The second kappa shape index (κ2) is 4.58. The van der Waals surface area contributed by atoms with Gasteiger partial charge in [-0.3, -0.25) is 4.99 Å². The molecule has 3 heterocycles. The van der Waals surface area contributed by atoms with Crippen LogP contribution in [0.15, 0.2) is 38.9 Å². The molecule has 0 saturated heterocycles. The molecule has 1 aromatic carbocycles. The molecule has 0 N–H and O–H groups in total. The van der Waals surface area contributed by atoms with Gasteiger partial charge in [0.05, 0.1) is 16.5 Å². The fraction of sp³-hybridized carbons (Fsp3) is 0.214. The first-order chi connectivity index (χ1) is 9.36. The predicted molar refractivity (Wildman–Crippen MR) is 88.9 cm³/mol. The number of aliphatic imine (C=N–C) groups is 1. The largest absolute Gasteiger partial charge is 0.317 e. The van der Waals surface area contributed by atoms with E-state index in [0.717, 1.165) is 13.1 Å². The molecule has 5 heteroatoms. The van der Waals surface area contributed by atoms with Crippen LogP contribution in [0.5, 0.6) is 0 Å². The standard InChI is InChI=1S/C14H12N2S3/c1-17-13-12(16-6-5-15-14(16)19-13)10-2-3-11-9(8-10)4-7-18-11/h2-4,7-8H,5-6H2,1H3. The van der Waals surface area contributed by atoms with Gasteiger partial charge < -0.3 is 4.90 Å². The van der Waals surface area contributed by atoms with Gasteiger partial charge in [-0.1, -0.05) is 6.07 Å². The Labute approximate surface area is 124 Å². The van der Waals surface area contributed by atoms with E-state index in [1.165, 1.54) is 30.8 Å². The maximum Gasteiger partial charge on any atom is 0.169 e. The fourth-order valence-electron chi connectivity index (χ4n) is 2.49. The lowest BCUT2D eigenvalue weighted by atomic mass is 10.1. The molecule has 2 aromatic rings. The number of hydrogen-bond acceptors (Lipinski definition) is 5. The van der Waals surface area contributed by atoms with Crippen molar-refractivity contribution in [3.05, 3.63) is 39.4 Å². The smallest absolute Gasteiger partial charge is 0.169 e. The van der Waals surface area contributed by atoms with E-state index in [1.807, 2.05) is 23.5 Å². The van der Waals surface area contributed by atoms with E-state index in [4.69, 9.17) is 0 Å². The monoisotopic (exact) mass is 304 g/mol. The number of rotatable bonds is 2. The molecule has 0 atom stereocenters. The number of thiophene rings is 1. The molecule has 2 aliphatic heterocycles. The number of thioether (sulfide) groups is 2. The first kappa shape index (κ1) is 11.9. The highest BCUT2D eigenvalue weighted by Crippen LogP contribution is 2.46. The minimum atomic E-state index is 0.925. The zero-order valence-corrected chi connectivity index (χ0v) is 12.9. The summed E-state index contributed by atoms with van der Waals surface area (Å²) in [6, 6.07) is 8.98. The molecular weight excluding hydrogens is 292 g/mol. The van der Waals surface area contributed by atoms with Crippen LogP contribution in [0.25, 0.3) is 15.8 Å². The molecular formula is C14H12N2S3. The van der Waals surface area contributed by atoms with Crippen LogP contribution in [0.2, 0.25) is 0 Å². The highest BCUT2D eigenvalue weighted by Gasteiger charge is 2.32. The predicted octanol–water partition coefficient (Wildman–Crippen LogP) is 4.31. The van der Waals surface area contributed by atoms with Crippen molar-refractivity contribution in [2.24, 2.45) is 4.99 Å². The van der Waals surface area contributed by atoms with Crippen molar-refractivity contribution in [1.82, 2.24) is 4.90 Å². The van der Waals surface area contributed by atoms with Crippen LogP contribution in [0, 0.1) is 0 Å². The van der Waals surface area contributed by atoms with Gasteiger partial charge in [-0.05, 0) is 47.0 Å². The summed E-state index contributed by atoms with van der Waals surface area (Å²) in [7, 11) is 0. The van der Waals surface area contributed by atoms with E-state index < -0.39 is 0 Å². The molecule has 0 saturated carbocycles. The minimum Gasteiger partial charge on any atom is -0.317 e. The normalized spacial score (nSPS) is 18.4. The summed E-state index contributed by atoms with van der Waals surface area (Å²) in [5.41, 5.74) is 2.66. The van der Waals surface area contributed by atoms with Crippen molar-refractivity contribution >= 4 is 55.8 Å². The average Bonchev–Trinajstić information content (AvgIpc) is 3.11. The summed E-state index contributed by atoms with van der Waals surface area (Å²) in [6.07, 6.45) is 2.15. The second-order valence-corrected chi connectivity index (χ2v) is 7.43. The van der Waals surface area contributed by atoms with Gasteiger partial charge in [0.15, 0.2) is 5.17 Å². The van der Waals surface area contributed by atoms with Gasteiger partial charge in [0, 0.05) is 16.8 Å². The third-order valence-electron chi connectivity index (χ3n) is 3.36. The van der Waals surface area contributed by atoms with Gasteiger partial charge >= 0.3 is 0 Å². The van der Waals surface area contributed by atoms with Crippen LogP contribution >= 0.6 is 34.9 Å². The second-order valence-electron chi connectivity index (χ2n) is 4.43. The molecule has 0 fully saturated rings. The Kier molecular flexibility index (Phi) is 2.86. The molecule has 0 radical (unpaired) electrons. The Balaban J connectivity index is 1.86. The SMILES string of the molecule is CSC1=C(c2ccc3sccc3c2)N2CCN=C2S1. The van der Waals surface area contributed by atoms with Gasteiger partial charge in [0.2, 0.25) is 0 Å². The van der Waals surface area contributed by atoms with Crippen molar-refractivity contribution in [2.75, 3.05) is 19.3 Å². The summed E-state index contributed by atoms with van der Waals surface area (Å²) in [6.45, 7) is 1.94. The Morgan fingerprint density at radius 1 is 1.32 bits per heavy atom. The van der Waals surface area contributed by atoms with E-state index >= 15 is 0 Å². The number of nitrogens with zero attached hydrogens (tertiary/aromatic N) is 2. The van der Waals surface area contributed by atoms with Crippen LogP contribution < -0.4 is 0 Å². The topological polar surface area (TPSA) is 15.6 Å². The highest BCUT2D eigenvalue weighted by atomic mass is 32.2. The van der Waals surface area contributed by atoms with Crippen LogP contribution in [0.4, 0.5) is 0 Å². The summed E-state index contributed by atoms with van der Waals surface area (Å²) < 4.78 is 2.73. The van der Waals surface area contributed by atoms with Gasteiger partial charge in [0.25, 0.3) is 0 Å². The Bertz CT molecular complexity index is 714. The maximum absolute atomic E-state index is 4.58. The van der Waals surface area contributed by atoms with Crippen molar-refractivity contribution in [3.63, 3.8) is 0 Å². The third kappa shape index (κ3) is 1.83. The summed E-state index contributed by atoms with van der Waals surface area (Å²) in [5.74, 6) is 0. The number of fused-ring (bicyclic) bond motifs is 2. The minimum absolute atomic E-state index is 0.925. The Morgan fingerprint density at radius 2 is 2.26 bits per heavy atom. The van der Waals surface area contributed by atoms with Crippen LogP contribution in [0.1, 0.15) is 5.56 Å². The lowest BCUT2D eigenvalue weighted by molar-refractivity contribution is 0.649. The first-order valence-electron chi connectivity index (χ1n) is 6.12. The van der Waals surface area contributed by atoms with E-state index in [-0.39, 0.29) is 0 Å². The van der Waals surface area contributed by atoms with E-state index in [9.17, 15) is 0 Å². The molecule has 0 bridgehead atoms. The van der Waals surface area contributed by atoms with E-state index in [2.05, 4.69) is 45.8 Å². The van der Waals surface area contributed by atoms with Crippen LogP contribution in [0.3, 0.4) is 0 Å². The Morgan fingerprint density at radius 3 is 3.16 bits per heavy atom. The quantitative estimate of drug-likeness (QED) is 0.822. The third-order valence-corrected chi connectivity index (χ3v) is 6.48. The van der Waals surface area contributed by atoms with Crippen LogP contribution in [-0.2, 0) is 0 Å². The van der Waals surface area contributed by atoms with E-state index in [0.29, 0.717) is 0 Å². The molecule has 19 heavy (non-hydrogen) atoms. The molecule has 1 aromatic heterocycles. The number of amidine groups is 1. The Hall–Kier alpha value is -0.910. The zero-order valence-electron chi connectivity index (χ0n) is 10.4. The molecule has 4 rings (SSSR count). The van der Waals surface area contributed by atoms with Crippen molar-refractivity contribution in [2.45, 2.75) is 0 Å². The average molecular weight is 304 g/mol. The summed E-state index contributed by atoms with van der Waals surface area (Å²) in [5, 5.41) is 4.67. The van der Waals surface area contributed by atoms with Gasteiger partial charge in [0.1, 0.15) is 0 Å². The summed E-state index contributed by atoms with van der Waals surface area (Å²) in [4.78, 5) is 6.94. The molecule has 2 nitrogen and oxygen atoms in total. The van der Waals surface area contributed by atoms with Gasteiger partial charge in [-0.25, -0.2) is 0 Å². The maximum atomic E-state index is 4.58. The molecule has 0 unspecified atom stereocenters. The number of benzene rings is 1. The van der Waals surface area contributed by atoms with Crippen molar-refractivity contribution in [3.8, 4) is 0 Å². The van der Waals surface area contributed by atoms with Crippen molar-refractivity contribution in [1.29, 1.82) is 0 Å². The van der Waals surface area contributed by atoms with Gasteiger partial charge in [-0.15, -0.1) is 23.1 Å². The van der Waals surface area contributed by atoms with E-state index in [1.54, 1.807) is 11.3 Å². The first-order valence-corrected chi connectivity index (χ1v) is 9.04. The zero-order chi connectivity index (χ0) is 12.8. The lowest BCUT2D eigenvalue weighted by Gasteiger charge is -2.17. The highest BCUT2D eigenvalue weighted by molar-refractivity contribution is 8.30. The molecule has 96 valence electrons. The molecule has 2 aliphatic rings. The van der Waals surface area contributed by atoms with Gasteiger partial charge in [-0.2, -0.15) is 0 Å². The van der Waals surface area contributed by atoms with Crippen molar-refractivity contribution < 1.29 is 0 Å². The fourth-order valence-corrected chi connectivity index (χ4v) is 5.18. The van der Waals surface area contributed by atoms with Crippen LogP contribution in [-0.4, -0.2) is 29.4 Å². The molecule has 0 amide bonds. The molecule has 0 aliphatic carbocycles. The lowest BCUT2D eigenvalue weighted by Crippen LogP contribution is -2.19. The number of hydrogen-bond donors (Lipinski definition) is 0.